The van der Waals surface area contributed by atoms with Gasteiger partial charge in [-0.3, -0.25) is 13.9 Å². The minimum absolute atomic E-state index is 0.00589. The second kappa shape index (κ2) is 14.4. The van der Waals surface area contributed by atoms with E-state index in [0.717, 1.165) is 10.7 Å². The summed E-state index contributed by atoms with van der Waals surface area (Å²) in [5.41, 5.74) is 0.868. The Morgan fingerprint density at radius 3 is 2.25 bits per heavy atom. The van der Waals surface area contributed by atoms with Crippen LogP contribution in [0.5, 0.6) is 5.75 Å². The Morgan fingerprint density at radius 1 is 0.975 bits per heavy atom. The van der Waals surface area contributed by atoms with Crippen LogP contribution in [0.2, 0.25) is 10.0 Å². The van der Waals surface area contributed by atoms with E-state index in [9.17, 15) is 18.0 Å². The van der Waals surface area contributed by atoms with Crippen molar-refractivity contribution < 1.29 is 22.7 Å². The molecule has 0 spiro atoms. The van der Waals surface area contributed by atoms with E-state index in [1.54, 1.807) is 67.6 Å². The third kappa shape index (κ3) is 7.90. The summed E-state index contributed by atoms with van der Waals surface area (Å²) in [6, 6.07) is 18.3. The largest absolute Gasteiger partial charge is 0.494 e. The number of anilines is 1. The summed E-state index contributed by atoms with van der Waals surface area (Å²) < 4.78 is 34.2. The molecule has 0 heterocycles. The quantitative estimate of drug-likeness (QED) is 0.276. The van der Waals surface area contributed by atoms with Gasteiger partial charge in [-0.2, -0.15) is 0 Å². The number of amides is 2. The predicted molar refractivity (Wildman–Crippen MR) is 158 cm³/mol. The highest BCUT2D eigenvalue weighted by atomic mass is 35.5. The lowest BCUT2D eigenvalue weighted by atomic mass is 10.1. The van der Waals surface area contributed by atoms with Crippen molar-refractivity contribution in [2.75, 3.05) is 24.0 Å². The first kappa shape index (κ1) is 31.3. The molecular formula is C29H33Cl2N3O5S. The van der Waals surface area contributed by atoms with Crippen molar-refractivity contribution in [1.82, 2.24) is 10.2 Å². The molecule has 3 rings (SSSR count). The van der Waals surface area contributed by atoms with E-state index in [2.05, 4.69) is 5.32 Å². The number of sulfonamides is 1. The first-order valence-corrected chi connectivity index (χ1v) is 15.1. The van der Waals surface area contributed by atoms with Crippen LogP contribution in [0.4, 0.5) is 5.69 Å². The average molecular weight is 607 g/mol. The van der Waals surface area contributed by atoms with E-state index in [4.69, 9.17) is 27.9 Å². The second-order valence-electron chi connectivity index (χ2n) is 8.98. The van der Waals surface area contributed by atoms with Crippen LogP contribution < -0.4 is 14.4 Å². The third-order valence-electron chi connectivity index (χ3n) is 6.12. The van der Waals surface area contributed by atoms with E-state index in [1.807, 2.05) is 13.8 Å². The van der Waals surface area contributed by atoms with Crippen molar-refractivity contribution in [2.45, 2.75) is 44.7 Å². The highest BCUT2D eigenvalue weighted by Gasteiger charge is 2.32. The maximum Gasteiger partial charge on any atom is 0.264 e. The number of rotatable bonds is 13. The highest BCUT2D eigenvalue weighted by Crippen LogP contribution is 2.27. The van der Waals surface area contributed by atoms with E-state index >= 15 is 0 Å². The van der Waals surface area contributed by atoms with Gasteiger partial charge in [0.05, 0.1) is 17.2 Å². The zero-order valence-corrected chi connectivity index (χ0v) is 25.0. The molecule has 1 unspecified atom stereocenters. The number of nitrogens with zero attached hydrogens (tertiary/aromatic N) is 2. The van der Waals surface area contributed by atoms with Crippen molar-refractivity contribution in [1.29, 1.82) is 0 Å². The normalized spacial score (nSPS) is 11.9. The number of nitrogens with one attached hydrogen (secondary N) is 1. The average Bonchev–Trinajstić information content (AvgIpc) is 2.94. The fraction of sp³-hybridized carbons (Fsp3) is 0.310. The summed E-state index contributed by atoms with van der Waals surface area (Å²) in [7, 11) is -4.17. The molecule has 0 bridgehead atoms. The fourth-order valence-electron chi connectivity index (χ4n) is 3.94. The number of ether oxygens (including phenoxy) is 1. The third-order valence-corrected chi connectivity index (χ3v) is 8.49. The summed E-state index contributed by atoms with van der Waals surface area (Å²) in [6.45, 7) is 5.66. The SMILES string of the molecule is CCCNC(=O)C(C)N(Cc1ccc(Cl)cc1Cl)C(=O)CN(c1ccccc1)S(=O)(=O)c1ccc(OCC)cc1. The number of hydrogen-bond acceptors (Lipinski definition) is 5. The van der Waals surface area contributed by atoms with Gasteiger partial charge in [0, 0.05) is 23.1 Å². The first-order chi connectivity index (χ1) is 19.1. The molecule has 0 aliphatic rings. The van der Waals surface area contributed by atoms with Gasteiger partial charge in [0.2, 0.25) is 11.8 Å². The van der Waals surface area contributed by atoms with Crippen LogP contribution >= 0.6 is 23.2 Å². The van der Waals surface area contributed by atoms with Gasteiger partial charge >= 0.3 is 0 Å². The molecule has 2 amide bonds. The van der Waals surface area contributed by atoms with E-state index in [-0.39, 0.29) is 17.3 Å². The second-order valence-corrected chi connectivity index (χ2v) is 11.7. The minimum Gasteiger partial charge on any atom is -0.494 e. The van der Waals surface area contributed by atoms with Gasteiger partial charge in [0.1, 0.15) is 18.3 Å². The predicted octanol–water partition coefficient (Wildman–Crippen LogP) is 5.53. The number of carbonyl (C=O) groups is 2. The van der Waals surface area contributed by atoms with Crippen molar-refractivity contribution in [3.8, 4) is 5.75 Å². The lowest BCUT2D eigenvalue weighted by Gasteiger charge is -2.32. The standard InChI is InChI=1S/C29H33Cl2N3O5S/c1-4-17-32-29(36)21(3)33(19-22-11-12-23(30)18-27(22)31)28(35)20-34(24-9-7-6-8-10-24)40(37,38)26-15-13-25(14-16-26)39-5-2/h6-16,18,21H,4-5,17,19-20H2,1-3H3,(H,32,36). The molecule has 8 nitrogen and oxygen atoms in total. The van der Waals surface area contributed by atoms with Crippen molar-refractivity contribution in [2.24, 2.45) is 0 Å². The Morgan fingerprint density at radius 2 is 1.65 bits per heavy atom. The Hall–Kier alpha value is -3.27. The molecule has 1 atom stereocenters. The summed E-state index contributed by atoms with van der Waals surface area (Å²) in [5, 5.41) is 3.56. The zero-order valence-electron chi connectivity index (χ0n) is 22.6. The molecule has 1 N–H and O–H groups in total. The van der Waals surface area contributed by atoms with E-state index in [1.165, 1.54) is 17.0 Å². The lowest BCUT2D eigenvalue weighted by Crippen LogP contribution is -2.51. The molecular weight excluding hydrogens is 573 g/mol. The number of benzene rings is 3. The van der Waals surface area contributed by atoms with Crippen molar-refractivity contribution in [3.63, 3.8) is 0 Å². The molecule has 3 aromatic rings. The summed E-state index contributed by atoms with van der Waals surface area (Å²) in [6.07, 6.45) is 0.720. The number of hydrogen-bond donors (Lipinski definition) is 1. The Balaban J connectivity index is 2.00. The monoisotopic (exact) mass is 605 g/mol. The van der Waals surface area contributed by atoms with Crippen LogP contribution in [0, 0.1) is 0 Å². The topological polar surface area (TPSA) is 96.0 Å². The molecule has 0 aliphatic heterocycles. The van der Waals surface area contributed by atoms with Gasteiger partial charge in [-0.1, -0.05) is 54.4 Å². The molecule has 0 radical (unpaired) electrons. The van der Waals surface area contributed by atoms with Gasteiger partial charge < -0.3 is 15.0 Å². The summed E-state index contributed by atoms with van der Waals surface area (Å²) >= 11 is 12.4. The Bertz CT molecular complexity index is 1400. The molecule has 0 aliphatic carbocycles. The Kier molecular flexibility index (Phi) is 11.2. The van der Waals surface area contributed by atoms with Crippen molar-refractivity contribution >= 4 is 50.7 Å². The van der Waals surface area contributed by atoms with E-state index in [0.29, 0.717) is 40.2 Å². The Labute approximate surface area is 245 Å². The summed E-state index contributed by atoms with van der Waals surface area (Å²) in [5.74, 6) is -0.411. The summed E-state index contributed by atoms with van der Waals surface area (Å²) in [4.78, 5) is 28.1. The number of halogens is 2. The van der Waals surface area contributed by atoms with Crippen LogP contribution in [0.25, 0.3) is 0 Å². The highest BCUT2D eigenvalue weighted by molar-refractivity contribution is 7.92. The smallest absolute Gasteiger partial charge is 0.264 e. The number of carbonyl (C=O) groups excluding carboxylic acids is 2. The molecule has 214 valence electrons. The van der Waals surface area contributed by atoms with Crippen LogP contribution in [0.1, 0.15) is 32.8 Å². The molecule has 0 saturated carbocycles. The van der Waals surface area contributed by atoms with Crippen molar-refractivity contribution in [3.05, 3.63) is 88.4 Å². The van der Waals surface area contributed by atoms with Gasteiger partial charge in [-0.15, -0.1) is 0 Å². The first-order valence-electron chi connectivity index (χ1n) is 12.9. The maximum atomic E-state index is 13.9. The van der Waals surface area contributed by atoms with Crippen LogP contribution in [0.3, 0.4) is 0 Å². The fourth-order valence-corrected chi connectivity index (χ4v) is 5.82. The van der Waals surface area contributed by atoms with E-state index < -0.39 is 28.5 Å². The lowest BCUT2D eigenvalue weighted by molar-refractivity contribution is -0.139. The van der Waals surface area contributed by atoms with Crippen LogP contribution in [-0.4, -0.2) is 50.9 Å². The van der Waals surface area contributed by atoms with Gasteiger partial charge in [0.15, 0.2) is 0 Å². The van der Waals surface area contributed by atoms with Crippen LogP contribution in [-0.2, 0) is 26.2 Å². The maximum absolute atomic E-state index is 13.9. The molecule has 0 aromatic heterocycles. The van der Waals surface area contributed by atoms with Gasteiger partial charge in [0.25, 0.3) is 10.0 Å². The molecule has 3 aromatic carbocycles. The van der Waals surface area contributed by atoms with Crippen LogP contribution in [0.15, 0.2) is 77.7 Å². The molecule has 0 fully saturated rings. The number of para-hydroxylation sites is 1. The minimum atomic E-state index is -4.17. The zero-order chi connectivity index (χ0) is 29.3. The molecule has 40 heavy (non-hydrogen) atoms. The molecule has 11 heteroatoms. The van der Waals surface area contributed by atoms with Gasteiger partial charge in [-0.05, 0) is 74.4 Å². The molecule has 0 saturated heterocycles. The van der Waals surface area contributed by atoms with Gasteiger partial charge in [-0.25, -0.2) is 8.42 Å².